The van der Waals surface area contributed by atoms with Crippen LogP contribution in [-0.4, -0.2) is 12.1 Å². The zero-order chi connectivity index (χ0) is 12.4. The number of hydrogen-bond acceptors (Lipinski definition) is 0. The highest BCUT2D eigenvalue weighted by atomic mass is 15.0. The Balaban J connectivity index is 1.96. The van der Waals surface area contributed by atoms with Gasteiger partial charge in [0, 0.05) is 12.1 Å². The van der Waals surface area contributed by atoms with E-state index in [-0.39, 0.29) is 0 Å². The highest BCUT2D eigenvalue weighted by Crippen LogP contribution is 2.37. The summed E-state index contributed by atoms with van der Waals surface area (Å²) in [6, 6.07) is 0. The van der Waals surface area contributed by atoms with Crippen LogP contribution in [0.4, 0.5) is 0 Å². The van der Waals surface area contributed by atoms with Gasteiger partial charge in [0.15, 0.2) is 0 Å². The number of nitrogens with zero attached hydrogens (tertiary/aromatic N) is 1. The number of unbranched alkanes of at least 4 members (excludes halogenated alkanes) is 6. The summed E-state index contributed by atoms with van der Waals surface area (Å²) in [7, 11) is 0. The molecule has 0 atom stereocenters. The average molecular weight is 238 g/mol. The Morgan fingerprint density at radius 2 is 1.47 bits per heavy atom. The number of hydrogen-bond donors (Lipinski definition) is 0. The van der Waals surface area contributed by atoms with Crippen LogP contribution in [-0.2, 0) is 0 Å². The van der Waals surface area contributed by atoms with Crippen molar-refractivity contribution in [2.75, 3.05) is 6.54 Å². The molecule has 0 heterocycles. The third kappa shape index (κ3) is 5.90. The summed E-state index contributed by atoms with van der Waals surface area (Å²) in [4.78, 5) is 0. The normalized spacial score (nSPS) is 18.0. The van der Waals surface area contributed by atoms with Crippen LogP contribution in [0.5, 0.6) is 0 Å². The summed E-state index contributed by atoms with van der Waals surface area (Å²) < 4.78 is 0. The van der Waals surface area contributed by atoms with Crippen LogP contribution in [0, 0.1) is 0 Å². The lowest BCUT2D eigenvalue weighted by Gasteiger charge is -2.41. The van der Waals surface area contributed by atoms with Gasteiger partial charge in [0.05, 0.1) is 0 Å². The summed E-state index contributed by atoms with van der Waals surface area (Å²) >= 11 is 0. The van der Waals surface area contributed by atoms with Crippen LogP contribution in [0.3, 0.4) is 0 Å². The molecule has 1 heteroatoms. The topological polar surface area (TPSA) is 14.1 Å². The summed E-state index contributed by atoms with van der Waals surface area (Å²) in [5, 5.41) is 4.93. The third-order valence-electron chi connectivity index (χ3n) is 4.20. The molecule has 1 saturated carbocycles. The average Bonchev–Trinajstić information content (AvgIpc) is 2.30. The Bertz CT molecular complexity index is 172. The van der Waals surface area contributed by atoms with Gasteiger partial charge in [-0.1, -0.05) is 58.8 Å². The van der Waals surface area contributed by atoms with Gasteiger partial charge in [0.2, 0.25) is 0 Å². The van der Waals surface area contributed by atoms with Crippen molar-refractivity contribution in [3.05, 3.63) is 0 Å². The standard InChI is InChI=1S/C16H32N/c1-3-5-6-7-8-9-10-12-16(13-11-14-16)17-15-4-2/h3-15H2,1-2H3. The first kappa shape index (κ1) is 15.0. The molecule has 0 aromatic rings. The van der Waals surface area contributed by atoms with E-state index in [1.165, 1.54) is 77.0 Å². The molecule has 1 aliphatic carbocycles. The van der Waals surface area contributed by atoms with Gasteiger partial charge in [0.1, 0.15) is 0 Å². The van der Waals surface area contributed by atoms with E-state index in [0.717, 1.165) is 6.54 Å². The first-order chi connectivity index (χ1) is 8.33. The molecule has 0 bridgehead atoms. The van der Waals surface area contributed by atoms with Crippen LogP contribution in [0.25, 0.3) is 0 Å². The SMILES string of the molecule is CCCCCCCCCC1([N]CCC)CCC1. The Labute approximate surface area is 109 Å². The van der Waals surface area contributed by atoms with E-state index in [1.54, 1.807) is 0 Å². The molecule has 0 saturated heterocycles. The van der Waals surface area contributed by atoms with Gasteiger partial charge in [-0.25, -0.2) is 5.32 Å². The van der Waals surface area contributed by atoms with E-state index in [4.69, 9.17) is 5.32 Å². The molecule has 1 fully saturated rings. The van der Waals surface area contributed by atoms with Crippen LogP contribution in [0.2, 0.25) is 0 Å². The van der Waals surface area contributed by atoms with Crippen molar-refractivity contribution in [1.29, 1.82) is 0 Å². The summed E-state index contributed by atoms with van der Waals surface area (Å²) in [6.45, 7) is 5.62. The molecule has 0 spiro atoms. The van der Waals surface area contributed by atoms with Crippen molar-refractivity contribution in [2.24, 2.45) is 0 Å². The highest BCUT2D eigenvalue weighted by Gasteiger charge is 2.36. The molecule has 101 valence electrons. The smallest absolute Gasteiger partial charge is 0.0356 e. The molecule has 0 unspecified atom stereocenters. The molecule has 0 aliphatic heterocycles. The van der Waals surface area contributed by atoms with Crippen molar-refractivity contribution >= 4 is 0 Å². The lowest BCUT2D eigenvalue weighted by atomic mass is 9.73. The van der Waals surface area contributed by atoms with Gasteiger partial charge >= 0.3 is 0 Å². The summed E-state index contributed by atoms with van der Waals surface area (Å²) in [5.41, 5.74) is 0.444. The second-order valence-electron chi connectivity index (χ2n) is 5.83. The maximum absolute atomic E-state index is 4.93. The van der Waals surface area contributed by atoms with Gasteiger partial charge in [-0.05, 0) is 32.1 Å². The molecule has 0 N–H and O–H groups in total. The van der Waals surface area contributed by atoms with Crippen molar-refractivity contribution in [3.8, 4) is 0 Å². The van der Waals surface area contributed by atoms with Gasteiger partial charge in [-0.2, -0.15) is 0 Å². The Kier molecular flexibility index (Phi) is 7.92. The predicted octanol–water partition coefficient (Wildman–Crippen LogP) is 5.06. The fourth-order valence-electron chi connectivity index (χ4n) is 2.83. The molecule has 0 amide bonds. The second-order valence-corrected chi connectivity index (χ2v) is 5.83. The van der Waals surface area contributed by atoms with Crippen molar-refractivity contribution in [3.63, 3.8) is 0 Å². The maximum atomic E-state index is 4.93. The van der Waals surface area contributed by atoms with Crippen molar-refractivity contribution in [2.45, 2.75) is 96.4 Å². The molecule has 1 rings (SSSR count). The molecular weight excluding hydrogens is 206 g/mol. The quantitative estimate of drug-likeness (QED) is 0.446. The fraction of sp³-hybridized carbons (Fsp3) is 1.00. The summed E-state index contributed by atoms with van der Waals surface area (Å²) in [5.74, 6) is 0. The van der Waals surface area contributed by atoms with Crippen molar-refractivity contribution in [1.82, 2.24) is 5.32 Å². The van der Waals surface area contributed by atoms with Crippen molar-refractivity contribution < 1.29 is 0 Å². The van der Waals surface area contributed by atoms with E-state index >= 15 is 0 Å². The van der Waals surface area contributed by atoms with Crippen LogP contribution >= 0.6 is 0 Å². The van der Waals surface area contributed by atoms with E-state index < -0.39 is 0 Å². The Morgan fingerprint density at radius 1 is 0.824 bits per heavy atom. The summed E-state index contributed by atoms with van der Waals surface area (Å²) in [6.07, 6.45) is 16.8. The lowest BCUT2D eigenvalue weighted by Crippen LogP contribution is -2.46. The molecular formula is C16H32N. The van der Waals surface area contributed by atoms with E-state index in [0.29, 0.717) is 5.54 Å². The second kappa shape index (κ2) is 8.97. The highest BCUT2D eigenvalue weighted by molar-refractivity contribution is 4.95. The number of rotatable bonds is 11. The Hall–Kier alpha value is -0.0400. The van der Waals surface area contributed by atoms with Gasteiger partial charge in [-0.3, -0.25) is 0 Å². The molecule has 0 aromatic heterocycles. The minimum Gasteiger partial charge on any atom is -0.235 e. The first-order valence-corrected chi connectivity index (χ1v) is 8.01. The Morgan fingerprint density at radius 3 is 2.00 bits per heavy atom. The zero-order valence-electron chi connectivity index (χ0n) is 12.1. The monoisotopic (exact) mass is 238 g/mol. The van der Waals surface area contributed by atoms with Crippen LogP contribution < -0.4 is 5.32 Å². The van der Waals surface area contributed by atoms with Gasteiger partial charge in [-0.15, -0.1) is 0 Å². The van der Waals surface area contributed by atoms with Gasteiger partial charge in [0.25, 0.3) is 0 Å². The van der Waals surface area contributed by atoms with E-state index in [2.05, 4.69) is 13.8 Å². The lowest BCUT2D eigenvalue weighted by molar-refractivity contribution is 0.160. The molecule has 0 aromatic carbocycles. The van der Waals surface area contributed by atoms with E-state index in [1.807, 2.05) is 0 Å². The van der Waals surface area contributed by atoms with Gasteiger partial charge < -0.3 is 0 Å². The minimum absolute atomic E-state index is 0.444. The van der Waals surface area contributed by atoms with Crippen LogP contribution in [0.1, 0.15) is 90.9 Å². The maximum Gasteiger partial charge on any atom is 0.0356 e. The predicted molar refractivity (Wildman–Crippen MR) is 76.5 cm³/mol. The van der Waals surface area contributed by atoms with E-state index in [9.17, 15) is 0 Å². The zero-order valence-corrected chi connectivity index (χ0v) is 12.1. The third-order valence-corrected chi connectivity index (χ3v) is 4.20. The molecule has 1 aliphatic rings. The molecule has 17 heavy (non-hydrogen) atoms. The minimum atomic E-state index is 0.444. The van der Waals surface area contributed by atoms with Crippen LogP contribution in [0.15, 0.2) is 0 Å². The molecule has 1 radical (unpaired) electrons. The fourth-order valence-corrected chi connectivity index (χ4v) is 2.83. The largest absolute Gasteiger partial charge is 0.235 e. The molecule has 1 nitrogen and oxygen atoms in total. The first-order valence-electron chi connectivity index (χ1n) is 8.01.